The Morgan fingerprint density at radius 1 is 1.12 bits per heavy atom. The fraction of sp³-hybridized carbons (Fsp3) is 0.353. The predicted molar refractivity (Wildman–Crippen MR) is 94.3 cm³/mol. The van der Waals surface area contributed by atoms with Gasteiger partial charge in [0.1, 0.15) is 11.9 Å². The second-order valence-corrected chi connectivity index (χ2v) is 6.40. The molecule has 1 atom stereocenters. The first-order chi connectivity index (χ1) is 11.3. The molecule has 1 aromatic heterocycles. The number of nitrogens with zero attached hydrogens (tertiary/aromatic N) is 3. The highest BCUT2D eigenvalue weighted by molar-refractivity contribution is 6.30. The van der Waals surface area contributed by atoms with E-state index >= 15 is 0 Å². The Hall–Kier alpha value is -2.52. The highest BCUT2D eigenvalue weighted by atomic mass is 35.5. The van der Waals surface area contributed by atoms with Crippen molar-refractivity contribution in [2.75, 3.05) is 5.32 Å². The molecule has 0 saturated heterocycles. The van der Waals surface area contributed by atoms with E-state index < -0.39 is 11.2 Å². The molecule has 126 valence electrons. The minimum atomic E-state index is -0.610. The van der Waals surface area contributed by atoms with Gasteiger partial charge in [-0.1, -0.05) is 37.6 Å². The molecule has 2 aromatic rings. The van der Waals surface area contributed by atoms with Gasteiger partial charge < -0.3 is 5.32 Å². The fourth-order valence-corrected chi connectivity index (χ4v) is 2.69. The third-order valence-corrected chi connectivity index (χ3v) is 4.22. The smallest absolute Gasteiger partial charge is 0.332 e. The van der Waals surface area contributed by atoms with Gasteiger partial charge in [0.05, 0.1) is 6.04 Å². The van der Waals surface area contributed by atoms with Crippen LogP contribution in [0.5, 0.6) is 0 Å². The highest BCUT2D eigenvalue weighted by Gasteiger charge is 2.21. The van der Waals surface area contributed by atoms with E-state index in [9.17, 15) is 14.9 Å². The number of aromatic nitrogens is 2. The third kappa shape index (κ3) is 3.22. The summed E-state index contributed by atoms with van der Waals surface area (Å²) in [5, 5.41) is 13.2. The lowest BCUT2D eigenvalue weighted by Crippen LogP contribution is -2.40. The first-order valence-corrected chi connectivity index (χ1v) is 7.87. The second kappa shape index (κ2) is 6.93. The number of halogens is 1. The fourth-order valence-electron chi connectivity index (χ4n) is 2.57. The molecule has 0 aliphatic heterocycles. The molecule has 6 nitrogen and oxygen atoms in total. The Kier molecular flexibility index (Phi) is 5.15. The summed E-state index contributed by atoms with van der Waals surface area (Å²) in [6.45, 7) is 4.02. The summed E-state index contributed by atoms with van der Waals surface area (Å²) in [4.78, 5) is 24.4. The van der Waals surface area contributed by atoms with Crippen LogP contribution in [0.15, 0.2) is 33.9 Å². The average molecular weight is 347 g/mol. The van der Waals surface area contributed by atoms with Crippen molar-refractivity contribution in [2.45, 2.75) is 19.9 Å². The van der Waals surface area contributed by atoms with Crippen LogP contribution in [0.25, 0.3) is 0 Å². The summed E-state index contributed by atoms with van der Waals surface area (Å²) in [6, 6.07) is 9.03. The molecular weight excluding hydrogens is 328 g/mol. The van der Waals surface area contributed by atoms with Crippen LogP contribution in [0.1, 0.15) is 31.0 Å². The zero-order chi connectivity index (χ0) is 18.0. The van der Waals surface area contributed by atoms with E-state index in [1.165, 1.54) is 18.7 Å². The van der Waals surface area contributed by atoms with Gasteiger partial charge in [-0.3, -0.25) is 13.9 Å². The monoisotopic (exact) mass is 346 g/mol. The van der Waals surface area contributed by atoms with E-state index in [1.807, 2.05) is 32.0 Å². The molecule has 0 aliphatic rings. The molecule has 0 bridgehead atoms. The van der Waals surface area contributed by atoms with E-state index in [2.05, 4.69) is 5.32 Å². The number of nitriles is 1. The second-order valence-electron chi connectivity index (χ2n) is 5.96. The number of anilines is 1. The van der Waals surface area contributed by atoms with Gasteiger partial charge in [0.25, 0.3) is 5.56 Å². The molecule has 1 heterocycles. The lowest BCUT2D eigenvalue weighted by atomic mass is 9.96. The molecule has 7 heteroatoms. The first kappa shape index (κ1) is 17.8. The van der Waals surface area contributed by atoms with Gasteiger partial charge in [0.2, 0.25) is 0 Å². The van der Waals surface area contributed by atoms with Crippen LogP contribution in [0.2, 0.25) is 5.02 Å². The Morgan fingerprint density at radius 2 is 1.71 bits per heavy atom. The van der Waals surface area contributed by atoms with Crippen molar-refractivity contribution in [1.29, 1.82) is 5.26 Å². The van der Waals surface area contributed by atoms with Crippen molar-refractivity contribution in [3.05, 3.63) is 61.3 Å². The van der Waals surface area contributed by atoms with E-state index in [0.29, 0.717) is 5.02 Å². The molecule has 0 aliphatic carbocycles. The van der Waals surface area contributed by atoms with Crippen molar-refractivity contribution in [2.24, 2.45) is 20.0 Å². The standard InChI is InChI=1S/C17H19ClN4O2/c1-10(2)14(11-5-7-12(18)8-6-11)20-15-13(9-19)16(23)22(4)17(24)21(15)3/h5-8,10,14,20H,1-4H3. The summed E-state index contributed by atoms with van der Waals surface area (Å²) in [6.07, 6.45) is 0. The number of benzene rings is 1. The Balaban J connectivity index is 2.59. The lowest BCUT2D eigenvalue weighted by Gasteiger charge is -2.26. The van der Waals surface area contributed by atoms with Crippen molar-refractivity contribution < 1.29 is 0 Å². The maximum Gasteiger partial charge on any atom is 0.332 e. The van der Waals surface area contributed by atoms with E-state index in [1.54, 1.807) is 12.1 Å². The normalized spacial score (nSPS) is 12.0. The molecule has 24 heavy (non-hydrogen) atoms. The van der Waals surface area contributed by atoms with Gasteiger partial charge in [-0.25, -0.2) is 4.79 Å². The highest BCUT2D eigenvalue weighted by Crippen LogP contribution is 2.27. The van der Waals surface area contributed by atoms with Gasteiger partial charge in [-0.2, -0.15) is 5.26 Å². The molecule has 0 radical (unpaired) electrons. The molecule has 1 unspecified atom stereocenters. The minimum Gasteiger partial charge on any atom is -0.363 e. The summed E-state index contributed by atoms with van der Waals surface area (Å²) >= 11 is 5.94. The van der Waals surface area contributed by atoms with E-state index in [0.717, 1.165) is 10.1 Å². The average Bonchev–Trinajstić information content (AvgIpc) is 2.55. The molecular formula is C17H19ClN4O2. The van der Waals surface area contributed by atoms with Crippen LogP contribution < -0.4 is 16.6 Å². The maximum absolute atomic E-state index is 12.2. The summed E-state index contributed by atoms with van der Waals surface area (Å²) in [5.41, 5.74) is -0.229. The largest absolute Gasteiger partial charge is 0.363 e. The molecule has 1 N–H and O–H groups in total. The maximum atomic E-state index is 12.2. The SMILES string of the molecule is CC(C)C(Nc1c(C#N)c(=O)n(C)c(=O)n1C)c1ccc(Cl)cc1. The van der Waals surface area contributed by atoms with Crippen molar-refractivity contribution in [3.8, 4) is 6.07 Å². The van der Waals surface area contributed by atoms with Crippen LogP contribution in [0, 0.1) is 17.2 Å². The van der Waals surface area contributed by atoms with Crippen molar-refractivity contribution in [1.82, 2.24) is 9.13 Å². The summed E-state index contributed by atoms with van der Waals surface area (Å²) < 4.78 is 2.21. The topological polar surface area (TPSA) is 79.8 Å². The molecule has 1 aromatic carbocycles. The first-order valence-electron chi connectivity index (χ1n) is 7.50. The van der Waals surface area contributed by atoms with E-state index in [-0.39, 0.29) is 23.3 Å². The molecule has 0 fully saturated rings. The zero-order valence-corrected chi connectivity index (χ0v) is 14.8. The number of rotatable bonds is 4. The van der Waals surface area contributed by atoms with Gasteiger partial charge in [-0.05, 0) is 23.6 Å². The molecule has 0 amide bonds. The van der Waals surface area contributed by atoms with Crippen molar-refractivity contribution >= 4 is 17.4 Å². The van der Waals surface area contributed by atoms with Crippen LogP contribution in [0.3, 0.4) is 0 Å². The quantitative estimate of drug-likeness (QED) is 0.922. The molecule has 0 spiro atoms. The van der Waals surface area contributed by atoms with Gasteiger partial charge in [0.15, 0.2) is 5.56 Å². The van der Waals surface area contributed by atoms with Gasteiger partial charge in [0, 0.05) is 19.1 Å². The van der Waals surface area contributed by atoms with Crippen LogP contribution in [0.4, 0.5) is 5.82 Å². The summed E-state index contributed by atoms with van der Waals surface area (Å²) in [5.74, 6) is 0.371. The third-order valence-electron chi connectivity index (χ3n) is 3.96. The Bertz CT molecular complexity index is 904. The molecule has 2 rings (SSSR count). The summed E-state index contributed by atoms with van der Waals surface area (Å²) in [7, 11) is 2.89. The van der Waals surface area contributed by atoms with Crippen LogP contribution in [-0.4, -0.2) is 9.13 Å². The number of hydrogen-bond donors (Lipinski definition) is 1. The van der Waals surface area contributed by atoms with E-state index in [4.69, 9.17) is 11.6 Å². The van der Waals surface area contributed by atoms with Gasteiger partial charge in [-0.15, -0.1) is 0 Å². The number of nitrogens with one attached hydrogen (secondary N) is 1. The van der Waals surface area contributed by atoms with Crippen molar-refractivity contribution in [3.63, 3.8) is 0 Å². The number of hydrogen-bond acceptors (Lipinski definition) is 4. The Morgan fingerprint density at radius 3 is 2.21 bits per heavy atom. The minimum absolute atomic E-state index is 0.0841. The van der Waals surface area contributed by atoms with Gasteiger partial charge >= 0.3 is 5.69 Å². The van der Waals surface area contributed by atoms with Crippen LogP contribution >= 0.6 is 11.6 Å². The van der Waals surface area contributed by atoms with Crippen LogP contribution in [-0.2, 0) is 14.1 Å². The predicted octanol–water partition coefficient (Wildman–Crippen LogP) is 2.42. The lowest BCUT2D eigenvalue weighted by molar-refractivity contribution is 0.538. The molecule has 0 saturated carbocycles. The zero-order valence-electron chi connectivity index (χ0n) is 14.0. The Labute approximate surface area is 144 Å².